The first-order chi connectivity index (χ1) is 14.1. The maximum atomic E-state index is 6.15. The molecule has 5 rings (SSSR count). The van der Waals surface area contributed by atoms with Gasteiger partial charge in [-0.15, -0.1) is 0 Å². The van der Waals surface area contributed by atoms with Gasteiger partial charge in [0.2, 0.25) is 11.9 Å². The molecule has 2 N–H and O–H groups in total. The van der Waals surface area contributed by atoms with Crippen LogP contribution in [-0.4, -0.2) is 55.8 Å². The van der Waals surface area contributed by atoms with Crippen molar-refractivity contribution in [2.24, 2.45) is 0 Å². The van der Waals surface area contributed by atoms with Gasteiger partial charge in [-0.1, -0.05) is 5.16 Å². The molecule has 10 nitrogen and oxygen atoms in total. The first kappa shape index (κ1) is 17.7. The van der Waals surface area contributed by atoms with Crippen LogP contribution in [0, 0.1) is 13.8 Å². The fraction of sp³-hybridized carbons (Fsp3) is 0.368. The van der Waals surface area contributed by atoms with Crippen molar-refractivity contribution < 1.29 is 8.94 Å². The summed E-state index contributed by atoms with van der Waals surface area (Å²) in [6.45, 7) is 8.21. The van der Waals surface area contributed by atoms with E-state index >= 15 is 0 Å². The maximum Gasteiger partial charge on any atom is 0.230 e. The number of rotatable bonds is 4. The highest BCUT2D eigenvalue weighted by Crippen LogP contribution is 2.23. The summed E-state index contributed by atoms with van der Waals surface area (Å²) < 4.78 is 12.2. The molecule has 0 saturated carbocycles. The Labute approximate surface area is 166 Å². The third-order valence-electron chi connectivity index (χ3n) is 5.33. The number of piperazine rings is 1. The van der Waals surface area contributed by atoms with Crippen LogP contribution in [0.2, 0.25) is 0 Å². The van der Waals surface area contributed by atoms with Crippen LogP contribution in [0.1, 0.15) is 17.0 Å². The summed E-state index contributed by atoms with van der Waals surface area (Å²) in [6.07, 6.45) is 1.61. The van der Waals surface area contributed by atoms with Gasteiger partial charge in [0.25, 0.3) is 0 Å². The van der Waals surface area contributed by atoms with Crippen LogP contribution in [-0.2, 0) is 6.54 Å². The number of aryl methyl sites for hydroxylation is 2. The van der Waals surface area contributed by atoms with Gasteiger partial charge in [0.15, 0.2) is 11.4 Å². The van der Waals surface area contributed by atoms with Gasteiger partial charge < -0.3 is 19.6 Å². The van der Waals surface area contributed by atoms with E-state index in [-0.39, 0.29) is 0 Å². The molecule has 1 aliphatic rings. The number of nitrogen functional groups attached to an aromatic ring is 1. The van der Waals surface area contributed by atoms with Gasteiger partial charge in [0, 0.05) is 44.4 Å². The molecule has 1 fully saturated rings. The van der Waals surface area contributed by atoms with Gasteiger partial charge in [0.05, 0.1) is 12.0 Å². The van der Waals surface area contributed by atoms with E-state index in [2.05, 4.69) is 30.0 Å². The molecule has 4 aromatic rings. The monoisotopic (exact) mass is 394 g/mol. The molecule has 4 aromatic heterocycles. The molecule has 5 heterocycles. The quantitative estimate of drug-likeness (QED) is 0.554. The maximum absolute atomic E-state index is 6.15. The van der Waals surface area contributed by atoms with Crippen LogP contribution in [0.3, 0.4) is 0 Å². The summed E-state index contributed by atoms with van der Waals surface area (Å²) >= 11 is 0. The van der Waals surface area contributed by atoms with Crippen LogP contribution < -0.4 is 10.6 Å². The predicted molar refractivity (Wildman–Crippen MR) is 106 cm³/mol. The standard InChI is InChI=1S/C19H22N8O2/c1-12-14(13(2)29-24-12)11-25-5-7-26(8-6-25)19-21-17-10-15(16-4-3-9-28-16)23-27(17)18(20)22-19/h3-4,9-10H,5-8,11H2,1-2H3,(H2,20,21,22). The minimum atomic E-state index is 0.306. The smallest absolute Gasteiger partial charge is 0.230 e. The lowest BCUT2D eigenvalue weighted by atomic mass is 10.2. The molecule has 10 heteroatoms. The van der Waals surface area contributed by atoms with Gasteiger partial charge in [-0.2, -0.15) is 19.6 Å². The first-order valence-electron chi connectivity index (χ1n) is 9.55. The van der Waals surface area contributed by atoms with Crippen molar-refractivity contribution in [3.8, 4) is 11.5 Å². The Balaban J connectivity index is 1.33. The Bertz CT molecular complexity index is 1120. The van der Waals surface area contributed by atoms with E-state index in [1.165, 1.54) is 10.1 Å². The van der Waals surface area contributed by atoms with E-state index in [0.29, 0.717) is 29.0 Å². The average Bonchev–Trinajstić information content (AvgIpc) is 3.45. The number of nitrogens with zero attached hydrogens (tertiary/aromatic N) is 7. The van der Waals surface area contributed by atoms with Crippen molar-refractivity contribution in [2.75, 3.05) is 36.8 Å². The van der Waals surface area contributed by atoms with Crippen LogP contribution in [0.15, 0.2) is 33.4 Å². The van der Waals surface area contributed by atoms with Gasteiger partial charge >= 0.3 is 0 Å². The van der Waals surface area contributed by atoms with Crippen molar-refractivity contribution in [3.05, 3.63) is 41.5 Å². The van der Waals surface area contributed by atoms with E-state index in [9.17, 15) is 0 Å². The van der Waals surface area contributed by atoms with Gasteiger partial charge in [-0.25, -0.2) is 0 Å². The highest BCUT2D eigenvalue weighted by atomic mass is 16.5. The molecule has 1 aliphatic heterocycles. The fourth-order valence-corrected chi connectivity index (χ4v) is 3.64. The van der Waals surface area contributed by atoms with Crippen molar-refractivity contribution >= 4 is 17.5 Å². The van der Waals surface area contributed by atoms with E-state index in [4.69, 9.17) is 14.7 Å². The summed E-state index contributed by atoms with van der Waals surface area (Å²) in [5.74, 6) is 2.49. The second-order valence-electron chi connectivity index (χ2n) is 7.22. The third kappa shape index (κ3) is 3.21. The first-order valence-corrected chi connectivity index (χ1v) is 9.55. The number of nitrogens with two attached hydrogens (primary N) is 1. The van der Waals surface area contributed by atoms with E-state index in [1.807, 2.05) is 32.0 Å². The van der Waals surface area contributed by atoms with Crippen molar-refractivity contribution in [1.29, 1.82) is 0 Å². The molecule has 0 amide bonds. The minimum Gasteiger partial charge on any atom is -0.463 e. The molecule has 0 radical (unpaired) electrons. The van der Waals surface area contributed by atoms with E-state index < -0.39 is 0 Å². The zero-order valence-corrected chi connectivity index (χ0v) is 16.4. The third-order valence-corrected chi connectivity index (χ3v) is 5.33. The molecular formula is C19H22N8O2. The molecule has 0 bridgehead atoms. The molecular weight excluding hydrogens is 372 g/mol. The number of anilines is 2. The van der Waals surface area contributed by atoms with Gasteiger partial charge in [-0.3, -0.25) is 4.90 Å². The molecule has 1 saturated heterocycles. The molecule has 0 spiro atoms. The van der Waals surface area contributed by atoms with E-state index in [0.717, 1.165) is 44.2 Å². The number of furan rings is 1. The van der Waals surface area contributed by atoms with Crippen molar-refractivity contribution in [2.45, 2.75) is 20.4 Å². The van der Waals surface area contributed by atoms with Crippen LogP contribution in [0.5, 0.6) is 0 Å². The number of fused-ring (bicyclic) bond motifs is 1. The lowest BCUT2D eigenvalue weighted by Crippen LogP contribution is -2.46. The molecule has 29 heavy (non-hydrogen) atoms. The highest BCUT2D eigenvalue weighted by molar-refractivity contribution is 5.61. The lowest BCUT2D eigenvalue weighted by molar-refractivity contribution is 0.247. The minimum absolute atomic E-state index is 0.306. The Hall–Kier alpha value is -3.40. The summed E-state index contributed by atoms with van der Waals surface area (Å²) in [5, 5.41) is 8.48. The number of hydrogen-bond acceptors (Lipinski definition) is 9. The fourth-order valence-electron chi connectivity index (χ4n) is 3.64. The molecule has 150 valence electrons. The Morgan fingerprint density at radius 3 is 2.66 bits per heavy atom. The van der Waals surface area contributed by atoms with Crippen molar-refractivity contribution in [3.63, 3.8) is 0 Å². The van der Waals surface area contributed by atoms with Gasteiger partial charge in [-0.05, 0) is 26.0 Å². The summed E-state index contributed by atoms with van der Waals surface area (Å²) in [7, 11) is 0. The molecule has 0 aliphatic carbocycles. The zero-order chi connectivity index (χ0) is 20.0. The van der Waals surface area contributed by atoms with Crippen LogP contribution in [0.4, 0.5) is 11.9 Å². The van der Waals surface area contributed by atoms with Gasteiger partial charge in [0.1, 0.15) is 11.5 Å². The van der Waals surface area contributed by atoms with E-state index in [1.54, 1.807) is 6.26 Å². The van der Waals surface area contributed by atoms with Crippen LogP contribution in [0.25, 0.3) is 17.1 Å². The summed E-state index contributed by atoms with van der Waals surface area (Å²) in [5.41, 5.74) is 9.60. The second-order valence-corrected chi connectivity index (χ2v) is 7.22. The lowest BCUT2D eigenvalue weighted by Gasteiger charge is -2.34. The normalized spacial score (nSPS) is 15.4. The second kappa shape index (κ2) is 6.89. The number of hydrogen-bond donors (Lipinski definition) is 1. The Morgan fingerprint density at radius 2 is 1.97 bits per heavy atom. The SMILES string of the molecule is Cc1noc(C)c1CN1CCN(c2nc(N)n3nc(-c4ccco4)cc3n2)CC1. The number of aromatic nitrogens is 5. The Kier molecular flexibility index (Phi) is 4.20. The summed E-state index contributed by atoms with van der Waals surface area (Å²) in [4.78, 5) is 13.7. The molecule has 0 unspecified atom stereocenters. The zero-order valence-electron chi connectivity index (χ0n) is 16.4. The average molecular weight is 394 g/mol. The predicted octanol–water partition coefficient (Wildman–Crippen LogP) is 1.89. The molecule has 0 aromatic carbocycles. The highest BCUT2D eigenvalue weighted by Gasteiger charge is 2.23. The van der Waals surface area contributed by atoms with Crippen molar-refractivity contribution in [1.82, 2.24) is 29.6 Å². The summed E-state index contributed by atoms with van der Waals surface area (Å²) in [6, 6.07) is 5.53. The topological polar surface area (TPSA) is 115 Å². The molecule has 0 atom stereocenters. The van der Waals surface area contributed by atoms with Crippen LogP contribution >= 0.6 is 0 Å². The Morgan fingerprint density at radius 1 is 1.14 bits per heavy atom. The largest absolute Gasteiger partial charge is 0.463 e.